The zero-order chi connectivity index (χ0) is 10.4. The predicted octanol–water partition coefficient (Wildman–Crippen LogP) is 4.97. The fraction of sp³-hybridized carbons (Fsp3) is 0.667. The third-order valence-corrected chi connectivity index (χ3v) is 1.40. The lowest BCUT2D eigenvalue weighted by atomic mass is 10.1. The molecule has 0 heterocycles. The Balaban J connectivity index is -0.000000175. The maximum atomic E-state index is 3.00. The van der Waals surface area contributed by atoms with E-state index in [9.17, 15) is 0 Å². The van der Waals surface area contributed by atoms with Crippen molar-refractivity contribution in [3.05, 3.63) is 24.8 Å². The van der Waals surface area contributed by atoms with Gasteiger partial charge in [-0.25, -0.2) is 0 Å². The minimum absolute atomic E-state index is 1.19. The summed E-state index contributed by atoms with van der Waals surface area (Å²) in [7, 11) is 0. The van der Waals surface area contributed by atoms with E-state index in [0.29, 0.717) is 0 Å². The zero-order valence-corrected chi connectivity index (χ0v) is 9.61. The summed E-state index contributed by atoms with van der Waals surface area (Å²) < 4.78 is 0. The zero-order valence-electron chi connectivity index (χ0n) is 9.61. The second-order valence-corrected chi connectivity index (χ2v) is 1.98. The van der Waals surface area contributed by atoms with Gasteiger partial charge in [-0.1, -0.05) is 46.3 Å². The fourth-order valence-electron chi connectivity index (χ4n) is 0.827. The van der Waals surface area contributed by atoms with Crippen molar-refractivity contribution >= 4 is 0 Å². The molecule has 0 aromatic rings. The average Bonchev–Trinajstić information content (AvgIpc) is 2.20. The lowest BCUT2D eigenvalue weighted by Gasteiger charge is -1.95. The predicted molar refractivity (Wildman–Crippen MR) is 61.6 cm³/mol. The van der Waals surface area contributed by atoms with Crippen LogP contribution >= 0.6 is 0 Å². The Labute approximate surface area is 79.4 Å². The van der Waals surface area contributed by atoms with E-state index in [-0.39, 0.29) is 0 Å². The van der Waals surface area contributed by atoms with Crippen LogP contribution < -0.4 is 0 Å². The number of hydrogen-bond acceptors (Lipinski definition) is 0. The first-order chi connectivity index (χ1) is 5.85. The smallest absolute Gasteiger partial charge is 0.0349 e. The van der Waals surface area contributed by atoms with E-state index < -0.39 is 0 Å². The summed E-state index contributed by atoms with van der Waals surface area (Å²) in [5.41, 5.74) is 1.59. The van der Waals surface area contributed by atoms with Crippen LogP contribution in [-0.2, 0) is 0 Å². The van der Waals surface area contributed by atoms with Crippen LogP contribution in [0.3, 0.4) is 0 Å². The van der Waals surface area contributed by atoms with Gasteiger partial charge in [-0.3, -0.25) is 0 Å². The van der Waals surface area contributed by atoms with Crippen LogP contribution in [0.1, 0.15) is 53.9 Å². The second-order valence-electron chi connectivity index (χ2n) is 1.98. The Morgan fingerprint density at radius 3 is 1.42 bits per heavy atom. The Kier molecular flexibility index (Phi) is 32.8. The van der Waals surface area contributed by atoms with E-state index >= 15 is 0 Å². The maximum absolute atomic E-state index is 3.00. The number of hydrogen-bond donors (Lipinski definition) is 0. The Morgan fingerprint density at radius 2 is 1.33 bits per heavy atom. The van der Waals surface area contributed by atoms with Crippen molar-refractivity contribution in [2.45, 2.75) is 53.9 Å². The molecule has 0 atom stereocenters. The van der Waals surface area contributed by atoms with Gasteiger partial charge in [-0.2, -0.15) is 0 Å². The molecule has 0 N–H and O–H groups in total. The summed E-state index contributed by atoms with van der Waals surface area (Å²) in [6.07, 6.45) is 5.96. The number of allylic oxidation sites excluding steroid dienone is 2. The summed E-state index contributed by atoms with van der Waals surface area (Å²) in [6, 6.07) is 0. The highest BCUT2D eigenvalue weighted by Crippen LogP contribution is 2.05. The summed E-state index contributed by atoms with van der Waals surface area (Å²) >= 11 is 0. The van der Waals surface area contributed by atoms with Crippen LogP contribution in [-0.4, -0.2) is 0 Å². The van der Waals surface area contributed by atoms with E-state index in [1.54, 1.807) is 5.57 Å². The van der Waals surface area contributed by atoms with Crippen LogP contribution in [0.5, 0.6) is 0 Å². The molecule has 0 unspecified atom stereocenters. The van der Waals surface area contributed by atoms with Crippen molar-refractivity contribution in [3.63, 3.8) is 0 Å². The molecule has 0 saturated heterocycles. The molecule has 74 valence electrons. The maximum Gasteiger partial charge on any atom is -0.0349 e. The molecule has 0 fully saturated rings. The number of rotatable bonds is 3. The van der Waals surface area contributed by atoms with Crippen LogP contribution in [0.15, 0.2) is 24.8 Å². The first kappa shape index (κ1) is 17.5. The Bertz CT molecular complexity index is 74.0. The van der Waals surface area contributed by atoms with Gasteiger partial charge in [0.15, 0.2) is 0 Å². The highest BCUT2D eigenvalue weighted by Gasteiger charge is 1.84. The molecular weight excluding hydrogens is 144 g/mol. The molecule has 0 aromatic heterocycles. The molecule has 0 amide bonds. The quantitative estimate of drug-likeness (QED) is 0.524. The van der Waals surface area contributed by atoms with E-state index in [4.69, 9.17) is 0 Å². The monoisotopic (exact) mass is 170 g/mol. The molecule has 0 aromatic carbocycles. The van der Waals surface area contributed by atoms with E-state index in [1.165, 1.54) is 19.3 Å². The SMILES string of the molecule is C=C.CC.CCC=C(CC)CC. The second kappa shape index (κ2) is 22.4. The van der Waals surface area contributed by atoms with Crippen molar-refractivity contribution in [1.29, 1.82) is 0 Å². The van der Waals surface area contributed by atoms with Gasteiger partial charge in [-0.05, 0) is 19.3 Å². The largest absolute Gasteiger partial charge is 0.106 e. The fourth-order valence-corrected chi connectivity index (χ4v) is 0.827. The molecule has 0 aliphatic carbocycles. The minimum atomic E-state index is 1.19. The van der Waals surface area contributed by atoms with Gasteiger partial charge in [0.05, 0.1) is 0 Å². The van der Waals surface area contributed by atoms with Crippen molar-refractivity contribution in [1.82, 2.24) is 0 Å². The van der Waals surface area contributed by atoms with Crippen molar-refractivity contribution in [2.75, 3.05) is 0 Å². The lowest BCUT2D eigenvalue weighted by Crippen LogP contribution is -1.74. The molecule has 0 aliphatic heterocycles. The molecule has 0 rings (SSSR count). The van der Waals surface area contributed by atoms with Crippen molar-refractivity contribution < 1.29 is 0 Å². The van der Waals surface area contributed by atoms with Crippen molar-refractivity contribution in [3.8, 4) is 0 Å². The van der Waals surface area contributed by atoms with Gasteiger partial charge in [0.1, 0.15) is 0 Å². The molecule has 0 radical (unpaired) electrons. The lowest BCUT2D eigenvalue weighted by molar-refractivity contribution is 0.955. The molecule has 0 bridgehead atoms. The molecule has 12 heavy (non-hydrogen) atoms. The normalized spacial score (nSPS) is 6.75. The van der Waals surface area contributed by atoms with Gasteiger partial charge in [-0.15, -0.1) is 13.2 Å². The van der Waals surface area contributed by atoms with Gasteiger partial charge in [0, 0.05) is 0 Å². The van der Waals surface area contributed by atoms with Crippen molar-refractivity contribution in [2.24, 2.45) is 0 Å². The van der Waals surface area contributed by atoms with Gasteiger partial charge in [0.25, 0.3) is 0 Å². The molecule has 0 spiro atoms. The highest BCUT2D eigenvalue weighted by molar-refractivity contribution is 4.99. The van der Waals surface area contributed by atoms with Gasteiger partial charge in [0.2, 0.25) is 0 Å². The van der Waals surface area contributed by atoms with Gasteiger partial charge >= 0.3 is 0 Å². The molecule has 0 aliphatic rings. The first-order valence-corrected chi connectivity index (χ1v) is 5.03. The first-order valence-electron chi connectivity index (χ1n) is 5.03. The topological polar surface area (TPSA) is 0 Å². The third kappa shape index (κ3) is 16.2. The third-order valence-electron chi connectivity index (χ3n) is 1.40. The molecule has 0 heteroatoms. The summed E-state index contributed by atoms with van der Waals surface area (Å²) in [6.45, 7) is 16.6. The van der Waals surface area contributed by atoms with Crippen LogP contribution in [0, 0.1) is 0 Å². The summed E-state index contributed by atoms with van der Waals surface area (Å²) in [5.74, 6) is 0. The summed E-state index contributed by atoms with van der Waals surface area (Å²) in [5, 5.41) is 0. The Morgan fingerprint density at radius 1 is 1.00 bits per heavy atom. The van der Waals surface area contributed by atoms with E-state index in [0.717, 1.165) is 0 Å². The molecule has 0 saturated carbocycles. The van der Waals surface area contributed by atoms with E-state index in [1.807, 2.05) is 13.8 Å². The average molecular weight is 170 g/mol. The van der Waals surface area contributed by atoms with Crippen LogP contribution in [0.4, 0.5) is 0 Å². The van der Waals surface area contributed by atoms with E-state index in [2.05, 4.69) is 40.0 Å². The van der Waals surface area contributed by atoms with Gasteiger partial charge < -0.3 is 0 Å². The summed E-state index contributed by atoms with van der Waals surface area (Å²) in [4.78, 5) is 0. The molecular formula is C12H26. The minimum Gasteiger partial charge on any atom is -0.106 e. The van der Waals surface area contributed by atoms with Crippen LogP contribution in [0.2, 0.25) is 0 Å². The molecule has 0 nitrogen and oxygen atoms in total. The standard InChI is InChI=1S/C8H16.C2H6.C2H4/c1-4-7-8(5-2)6-3;2*1-2/h7H,4-6H2,1-3H3;1-2H3;1-2H2. The Hall–Kier alpha value is -0.520. The van der Waals surface area contributed by atoms with Crippen LogP contribution in [0.25, 0.3) is 0 Å². The highest BCUT2D eigenvalue weighted by atomic mass is 13.9.